The minimum atomic E-state index is -3.52. The molecule has 1 atom stereocenters. The SMILES string of the molecule is C[C@H]1CCCN(S(=O)(=O)c2ccc(NC(=O)c3ccc(=O)[nH]c3)cc2)C1. The zero-order valence-corrected chi connectivity index (χ0v) is 15.3. The second-order valence-electron chi connectivity index (χ2n) is 6.53. The van der Waals surface area contributed by atoms with Gasteiger partial charge < -0.3 is 10.3 Å². The molecule has 1 aromatic heterocycles. The number of benzene rings is 1. The molecule has 2 heterocycles. The summed E-state index contributed by atoms with van der Waals surface area (Å²) in [4.78, 5) is 25.8. The van der Waals surface area contributed by atoms with Crippen LogP contribution in [0.25, 0.3) is 0 Å². The monoisotopic (exact) mass is 375 g/mol. The molecule has 1 aliphatic rings. The number of H-pyrrole nitrogens is 1. The molecule has 8 heteroatoms. The molecular formula is C18H21N3O4S. The van der Waals surface area contributed by atoms with Gasteiger partial charge in [-0.1, -0.05) is 6.92 Å². The molecule has 1 fully saturated rings. The van der Waals surface area contributed by atoms with Crippen molar-refractivity contribution in [2.45, 2.75) is 24.7 Å². The van der Waals surface area contributed by atoms with Crippen molar-refractivity contribution in [3.63, 3.8) is 0 Å². The first kappa shape index (κ1) is 18.3. The average molecular weight is 375 g/mol. The topological polar surface area (TPSA) is 99.3 Å². The summed E-state index contributed by atoms with van der Waals surface area (Å²) in [7, 11) is -3.52. The number of nitrogens with one attached hydrogen (secondary N) is 2. The molecular weight excluding hydrogens is 354 g/mol. The van der Waals surface area contributed by atoms with E-state index in [1.165, 1.54) is 34.8 Å². The van der Waals surface area contributed by atoms with Crippen molar-refractivity contribution in [1.29, 1.82) is 0 Å². The molecule has 1 aromatic carbocycles. The number of sulfonamides is 1. The maximum atomic E-state index is 12.7. The Labute approximate surface area is 152 Å². The van der Waals surface area contributed by atoms with E-state index in [1.54, 1.807) is 12.1 Å². The minimum absolute atomic E-state index is 0.216. The van der Waals surface area contributed by atoms with E-state index in [1.807, 2.05) is 0 Å². The van der Waals surface area contributed by atoms with E-state index in [4.69, 9.17) is 0 Å². The molecule has 0 aliphatic carbocycles. The molecule has 0 spiro atoms. The van der Waals surface area contributed by atoms with Crippen LogP contribution < -0.4 is 10.9 Å². The van der Waals surface area contributed by atoms with Crippen molar-refractivity contribution in [2.75, 3.05) is 18.4 Å². The van der Waals surface area contributed by atoms with Crippen LogP contribution in [0.4, 0.5) is 5.69 Å². The number of anilines is 1. The lowest BCUT2D eigenvalue weighted by Gasteiger charge is -2.30. The Kier molecular flexibility index (Phi) is 5.24. The van der Waals surface area contributed by atoms with Crippen molar-refractivity contribution in [2.24, 2.45) is 5.92 Å². The van der Waals surface area contributed by atoms with Gasteiger partial charge in [-0.25, -0.2) is 8.42 Å². The number of amides is 1. The third kappa shape index (κ3) is 4.03. The summed E-state index contributed by atoms with van der Waals surface area (Å²) in [6, 6.07) is 8.80. The maximum absolute atomic E-state index is 12.7. The van der Waals surface area contributed by atoms with Gasteiger partial charge in [0.05, 0.1) is 10.5 Å². The number of nitrogens with zero attached hydrogens (tertiary/aromatic N) is 1. The van der Waals surface area contributed by atoms with E-state index in [-0.39, 0.29) is 16.4 Å². The molecule has 0 bridgehead atoms. The van der Waals surface area contributed by atoms with Gasteiger partial charge >= 0.3 is 0 Å². The number of carbonyl (C=O) groups is 1. The van der Waals surface area contributed by atoms with Gasteiger partial charge in [0.25, 0.3) is 5.91 Å². The molecule has 26 heavy (non-hydrogen) atoms. The lowest BCUT2D eigenvalue weighted by atomic mass is 10.0. The summed E-state index contributed by atoms with van der Waals surface area (Å²) >= 11 is 0. The number of hydrogen-bond donors (Lipinski definition) is 2. The summed E-state index contributed by atoms with van der Waals surface area (Å²) in [6.45, 7) is 3.13. The quantitative estimate of drug-likeness (QED) is 0.854. The van der Waals surface area contributed by atoms with Crippen molar-refractivity contribution in [3.8, 4) is 0 Å². The summed E-state index contributed by atoms with van der Waals surface area (Å²) in [6.07, 6.45) is 3.24. The highest BCUT2D eigenvalue weighted by Gasteiger charge is 2.28. The predicted octanol–water partition coefficient (Wildman–Crippen LogP) is 2.05. The van der Waals surface area contributed by atoms with Gasteiger partial charge in [-0.3, -0.25) is 9.59 Å². The summed E-state index contributed by atoms with van der Waals surface area (Å²) in [5, 5.41) is 2.67. The molecule has 0 saturated carbocycles. The van der Waals surface area contributed by atoms with Crippen LogP contribution in [0.1, 0.15) is 30.1 Å². The average Bonchev–Trinajstić information content (AvgIpc) is 2.62. The van der Waals surface area contributed by atoms with E-state index in [9.17, 15) is 18.0 Å². The molecule has 2 aromatic rings. The van der Waals surface area contributed by atoms with Gasteiger partial charge in [-0.05, 0) is 49.1 Å². The molecule has 138 valence electrons. The highest BCUT2D eigenvalue weighted by atomic mass is 32.2. The Morgan fingerprint density at radius 3 is 2.54 bits per heavy atom. The van der Waals surface area contributed by atoms with Crippen molar-refractivity contribution in [1.82, 2.24) is 9.29 Å². The summed E-state index contributed by atoms with van der Waals surface area (Å²) in [5.41, 5.74) is 0.499. The number of hydrogen-bond acceptors (Lipinski definition) is 4. The first-order chi connectivity index (χ1) is 12.4. The Morgan fingerprint density at radius 1 is 1.19 bits per heavy atom. The van der Waals surface area contributed by atoms with Gasteiger partial charge in [0.2, 0.25) is 15.6 Å². The van der Waals surface area contributed by atoms with Crippen LogP contribution in [0, 0.1) is 5.92 Å². The van der Waals surface area contributed by atoms with E-state index < -0.39 is 10.0 Å². The Bertz CT molecular complexity index is 931. The summed E-state index contributed by atoms with van der Waals surface area (Å²) in [5.74, 6) is -0.0314. The molecule has 2 N–H and O–H groups in total. The van der Waals surface area contributed by atoms with Crippen molar-refractivity contribution in [3.05, 3.63) is 58.5 Å². The highest BCUT2D eigenvalue weighted by Crippen LogP contribution is 2.24. The molecule has 1 aliphatic heterocycles. The van der Waals surface area contributed by atoms with Crippen LogP contribution in [-0.2, 0) is 10.0 Å². The molecule has 3 rings (SSSR count). The molecule has 0 radical (unpaired) electrons. The molecule has 1 saturated heterocycles. The third-order valence-corrected chi connectivity index (χ3v) is 6.30. The Hall–Kier alpha value is -2.45. The van der Waals surface area contributed by atoms with Crippen LogP contribution in [-0.4, -0.2) is 36.7 Å². The minimum Gasteiger partial charge on any atom is -0.328 e. The lowest BCUT2D eigenvalue weighted by Crippen LogP contribution is -2.39. The number of pyridine rings is 1. The second-order valence-corrected chi connectivity index (χ2v) is 8.47. The normalized spacial score (nSPS) is 18.4. The van der Waals surface area contributed by atoms with Crippen molar-refractivity contribution >= 4 is 21.6 Å². The van der Waals surface area contributed by atoms with Gasteiger partial charge in [-0.15, -0.1) is 0 Å². The first-order valence-corrected chi connectivity index (χ1v) is 9.90. The zero-order chi connectivity index (χ0) is 18.7. The first-order valence-electron chi connectivity index (χ1n) is 8.46. The number of piperidine rings is 1. The largest absolute Gasteiger partial charge is 0.328 e. The van der Waals surface area contributed by atoms with E-state index in [2.05, 4.69) is 17.2 Å². The Morgan fingerprint density at radius 2 is 1.92 bits per heavy atom. The van der Waals surface area contributed by atoms with E-state index in [0.717, 1.165) is 12.8 Å². The molecule has 7 nitrogen and oxygen atoms in total. The third-order valence-electron chi connectivity index (χ3n) is 4.42. The number of carbonyl (C=O) groups excluding carboxylic acids is 1. The van der Waals surface area contributed by atoms with Crippen LogP contribution >= 0.6 is 0 Å². The van der Waals surface area contributed by atoms with Gasteiger partial charge in [-0.2, -0.15) is 4.31 Å². The fraction of sp³-hybridized carbons (Fsp3) is 0.333. The fourth-order valence-electron chi connectivity index (χ4n) is 2.98. The predicted molar refractivity (Wildman–Crippen MR) is 98.6 cm³/mol. The van der Waals surface area contributed by atoms with Crippen molar-refractivity contribution < 1.29 is 13.2 Å². The van der Waals surface area contributed by atoms with Crippen LogP contribution in [0.3, 0.4) is 0 Å². The standard InChI is InChI=1S/C18H21N3O4S/c1-13-3-2-10-21(12-13)26(24,25)16-7-5-15(6-8-16)20-18(23)14-4-9-17(22)19-11-14/h4-9,11,13H,2-3,10,12H2,1H3,(H,19,22)(H,20,23)/t13-/m0/s1. The highest BCUT2D eigenvalue weighted by molar-refractivity contribution is 7.89. The molecule has 0 unspecified atom stereocenters. The summed E-state index contributed by atoms with van der Waals surface area (Å²) < 4.78 is 27.0. The number of rotatable bonds is 4. The van der Waals surface area contributed by atoms with Crippen LogP contribution in [0.5, 0.6) is 0 Å². The zero-order valence-electron chi connectivity index (χ0n) is 14.4. The number of aromatic amines is 1. The van der Waals surface area contributed by atoms with Gasteiger partial charge in [0.15, 0.2) is 0 Å². The maximum Gasteiger partial charge on any atom is 0.257 e. The fourth-order valence-corrected chi connectivity index (χ4v) is 4.58. The lowest BCUT2D eigenvalue weighted by molar-refractivity contribution is 0.102. The van der Waals surface area contributed by atoms with E-state index >= 15 is 0 Å². The second kappa shape index (κ2) is 7.43. The number of aromatic nitrogens is 1. The Balaban J connectivity index is 1.72. The van der Waals surface area contributed by atoms with Crippen LogP contribution in [0.2, 0.25) is 0 Å². The van der Waals surface area contributed by atoms with Gasteiger partial charge in [0.1, 0.15) is 0 Å². The smallest absolute Gasteiger partial charge is 0.257 e. The van der Waals surface area contributed by atoms with E-state index in [0.29, 0.717) is 30.3 Å². The van der Waals surface area contributed by atoms with Crippen LogP contribution in [0.15, 0.2) is 52.3 Å². The van der Waals surface area contributed by atoms with Gasteiger partial charge in [0, 0.05) is 31.0 Å². The molecule has 1 amide bonds.